The van der Waals surface area contributed by atoms with Gasteiger partial charge in [-0.1, -0.05) is 46.9 Å². The Hall–Kier alpha value is -1.82. The summed E-state index contributed by atoms with van der Waals surface area (Å²) >= 11 is 17.6. The molecule has 0 radical (unpaired) electrons. The molecule has 4 nitrogen and oxygen atoms in total. The minimum absolute atomic E-state index is 0.173. The fourth-order valence-corrected chi connectivity index (χ4v) is 2.64. The van der Waals surface area contributed by atoms with Crippen LogP contribution in [0, 0.1) is 5.82 Å². The largest absolute Gasteiger partial charge is 0.481 e. The number of nitrogens with one attached hydrogen (secondary N) is 1. The summed E-state index contributed by atoms with van der Waals surface area (Å²) in [6, 6.07) is 7.67. The van der Waals surface area contributed by atoms with Gasteiger partial charge < -0.3 is 10.4 Å². The summed E-state index contributed by atoms with van der Waals surface area (Å²) in [4.78, 5) is 23.5. The maximum atomic E-state index is 13.0. The van der Waals surface area contributed by atoms with Crippen molar-refractivity contribution in [2.24, 2.45) is 0 Å². The highest BCUT2D eigenvalue weighted by atomic mass is 35.5. The maximum Gasteiger partial charge on any atom is 0.311 e. The molecule has 2 aromatic rings. The van der Waals surface area contributed by atoms with Crippen LogP contribution in [0.3, 0.4) is 0 Å². The number of hydrogen-bond acceptors (Lipinski definition) is 2. The van der Waals surface area contributed by atoms with E-state index in [2.05, 4.69) is 5.32 Å². The normalized spacial score (nSPS) is 11.8. The van der Waals surface area contributed by atoms with Crippen LogP contribution in [-0.2, 0) is 9.59 Å². The van der Waals surface area contributed by atoms with Crippen LogP contribution < -0.4 is 5.32 Å². The van der Waals surface area contributed by atoms with Crippen molar-refractivity contribution in [1.82, 2.24) is 0 Å². The summed E-state index contributed by atoms with van der Waals surface area (Å²) in [6.07, 6.45) is -0.350. The minimum atomic E-state index is -1.20. The SMILES string of the molecule is O=C(CC(C(=O)O)c1ccc(F)cc1)Nc1cc(Cl)c(Cl)cc1Cl. The van der Waals surface area contributed by atoms with Gasteiger partial charge >= 0.3 is 5.97 Å². The van der Waals surface area contributed by atoms with Gasteiger partial charge in [-0.3, -0.25) is 9.59 Å². The molecule has 0 bridgehead atoms. The van der Waals surface area contributed by atoms with Crippen LogP contribution in [0.15, 0.2) is 36.4 Å². The van der Waals surface area contributed by atoms with Gasteiger partial charge in [0.15, 0.2) is 0 Å². The monoisotopic (exact) mass is 389 g/mol. The number of carboxylic acid groups (broad SMARTS) is 1. The fraction of sp³-hybridized carbons (Fsp3) is 0.125. The van der Waals surface area contributed by atoms with E-state index in [-0.39, 0.29) is 27.2 Å². The van der Waals surface area contributed by atoms with Crippen molar-refractivity contribution in [2.75, 3.05) is 5.32 Å². The lowest BCUT2D eigenvalue weighted by Crippen LogP contribution is -2.21. The van der Waals surface area contributed by atoms with E-state index in [0.29, 0.717) is 5.56 Å². The molecule has 0 aliphatic rings. The molecule has 0 saturated heterocycles. The summed E-state index contributed by atoms with van der Waals surface area (Å²) in [6.45, 7) is 0. The number of carbonyl (C=O) groups is 2. The molecule has 24 heavy (non-hydrogen) atoms. The zero-order valence-corrected chi connectivity index (χ0v) is 14.3. The van der Waals surface area contributed by atoms with Gasteiger partial charge in [0.1, 0.15) is 5.82 Å². The van der Waals surface area contributed by atoms with Crippen molar-refractivity contribution in [3.8, 4) is 0 Å². The first-order chi connectivity index (χ1) is 11.3. The average Bonchev–Trinajstić information content (AvgIpc) is 2.51. The molecule has 2 rings (SSSR count). The number of hydrogen-bond donors (Lipinski definition) is 2. The molecule has 0 spiro atoms. The number of aliphatic carboxylic acids is 1. The molecule has 126 valence electrons. The Balaban J connectivity index is 2.16. The molecule has 2 N–H and O–H groups in total. The Morgan fingerprint density at radius 3 is 2.21 bits per heavy atom. The quantitative estimate of drug-likeness (QED) is 0.707. The van der Waals surface area contributed by atoms with Crippen LogP contribution in [0.5, 0.6) is 0 Å². The first kappa shape index (κ1) is 18.5. The number of benzene rings is 2. The van der Waals surface area contributed by atoms with E-state index >= 15 is 0 Å². The molecule has 1 unspecified atom stereocenters. The number of carbonyl (C=O) groups excluding carboxylic acids is 1. The Labute approximate surface area is 152 Å². The van der Waals surface area contributed by atoms with Crippen LogP contribution in [-0.4, -0.2) is 17.0 Å². The zero-order chi connectivity index (χ0) is 17.9. The van der Waals surface area contributed by atoms with Gasteiger partial charge in [0.05, 0.1) is 26.7 Å². The summed E-state index contributed by atoms with van der Waals surface area (Å²) in [5, 5.41) is 12.4. The third-order valence-electron chi connectivity index (χ3n) is 3.24. The molecule has 2 aromatic carbocycles. The molecule has 1 atom stereocenters. The van der Waals surface area contributed by atoms with E-state index in [4.69, 9.17) is 34.8 Å². The topological polar surface area (TPSA) is 66.4 Å². The Morgan fingerprint density at radius 1 is 1.04 bits per heavy atom. The number of rotatable bonds is 5. The molecular weight excluding hydrogens is 380 g/mol. The van der Waals surface area contributed by atoms with E-state index in [1.807, 2.05) is 0 Å². The highest BCUT2D eigenvalue weighted by Gasteiger charge is 2.24. The molecule has 8 heteroatoms. The van der Waals surface area contributed by atoms with E-state index in [0.717, 1.165) is 12.1 Å². The minimum Gasteiger partial charge on any atom is -0.481 e. The molecule has 0 aliphatic heterocycles. The van der Waals surface area contributed by atoms with Crippen LogP contribution in [0.2, 0.25) is 15.1 Å². The third kappa shape index (κ3) is 4.60. The number of carboxylic acids is 1. The predicted molar refractivity (Wildman–Crippen MR) is 91.5 cm³/mol. The zero-order valence-electron chi connectivity index (χ0n) is 12.0. The van der Waals surface area contributed by atoms with Crippen molar-refractivity contribution in [3.05, 3.63) is 62.8 Å². The smallest absolute Gasteiger partial charge is 0.311 e. The van der Waals surface area contributed by atoms with Gasteiger partial charge in [0, 0.05) is 6.42 Å². The lowest BCUT2D eigenvalue weighted by molar-refractivity contribution is -0.140. The Bertz CT molecular complexity index is 781. The summed E-state index contributed by atoms with van der Waals surface area (Å²) in [5.41, 5.74) is 0.540. The molecule has 0 heterocycles. The molecule has 0 aromatic heterocycles. The van der Waals surface area contributed by atoms with Gasteiger partial charge in [-0.05, 0) is 29.8 Å². The van der Waals surface area contributed by atoms with Gasteiger partial charge in [0.2, 0.25) is 5.91 Å². The Morgan fingerprint density at radius 2 is 1.62 bits per heavy atom. The van der Waals surface area contributed by atoms with Crippen molar-refractivity contribution < 1.29 is 19.1 Å². The van der Waals surface area contributed by atoms with Crippen molar-refractivity contribution >= 4 is 52.4 Å². The summed E-state index contributed by atoms with van der Waals surface area (Å²) in [7, 11) is 0. The number of amides is 1. The van der Waals surface area contributed by atoms with Gasteiger partial charge in [0.25, 0.3) is 0 Å². The predicted octanol–water partition coefficient (Wildman–Crippen LogP) is 4.98. The van der Waals surface area contributed by atoms with E-state index < -0.39 is 23.6 Å². The highest BCUT2D eigenvalue weighted by molar-refractivity contribution is 6.44. The van der Waals surface area contributed by atoms with E-state index in [1.165, 1.54) is 24.3 Å². The summed E-state index contributed by atoms with van der Waals surface area (Å²) in [5.74, 6) is -3.38. The first-order valence-corrected chi connectivity index (χ1v) is 7.84. The highest BCUT2D eigenvalue weighted by Crippen LogP contribution is 2.32. The molecule has 0 aliphatic carbocycles. The van der Waals surface area contributed by atoms with Gasteiger partial charge in [-0.25, -0.2) is 4.39 Å². The van der Waals surface area contributed by atoms with Crippen molar-refractivity contribution in [1.29, 1.82) is 0 Å². The maximum absolute atomic E-state index is 13.0. The summed E-state index contributed by atoms with van der Waals surface area (Å²) < 4.78 is 13.0. The number of anilines is 1. The average molecular weight is 391 g/mol. The van der Waals surface area contributed by atoms with Crippen LogP contribution >= 0.6 is 34.8 Å². The van der Waals surface area contributed by atoms with E-state index in [1.54, 1.807) is 0 Å². The van der Waals surface area contributed by atoms with Crippen LogP contribution in [0.25, 0.3) is 0 Å². The third-order valence-corrected chi connectivity index (χ3v) is 4.28. The fourth-order valence-electron chi connectivity index (χ4n) is 2.05. The number of halogens is 4. The second-order valence-corrected chi connectivity index (χ2v) is 6.16. The molecular formula is C16H11Cl3FNO3. The molecule has 0 saturated carbocycles. The van der Waals surface area contributed by atoms with Gasteiger partial charge in [-0.15, -0.1) is 0 Å². The lowest BCUT2D eigenvalue weighted by atomic mass is 9.95. The molecule has 1 amide bonds. The molecule has 0 fully saturated rings. The standard InChI is InChI=1S/C16H11Cl3FNO3/c17-11-6-13(19)14(7-12(11)18)21-15(22)5-10(16(23)24)8-1-3-9(20)4-2-8/h1-4,6-7,10H,5H2,(H,21,22)(H,23,24). The Kier molecular flexibility index (Phi) is 6.04. The first-order valence-electron chi connectivity index (χ1n) is 6.70. The lowest BCUT2D eigenvalue weighted by Gasteiger charge is -2.14. The van der Waals surface area contributed by atoms with E-state index in [9.17, 15) is 19.1 Å². The van der Waals surface area contributed by atoms with Crippen molar-refractivity contribution in [3.63, 3.8) is 0 Å². The second-order valence-electron chi connectivity index (χ2n) is 4.94. The van der Waals surface area contributed by atoms with Crippen molar-refractivity contribution in [2.45, 2.75) is 12.3 Å². The van der Waals surface area contributed by atoms with Crippen LogP contribution in [0.4, 0.5) is 10.1 Å². The second kappa shape index (κ2) is 7.83. The van der Waals surface area contributed by atoms with Gasteiger partial charge in [-0.2, -0.15) is 0 Å². The van der Waals surface area contributed by atoms with Crippen LogP contribution in [0.1, 0.15) is 17.9 Å².